The number of hydrogen-bond acceptors (Lipinski definition) is 6. The second-order valence-corrected chi connectivity index (χ2v) is 9.38. The number of nitrogens with zero attached hydrogens (tertiary/aromatic N) is 3. The van der Waals surface area contributed by atoms with Crippen molar-refractivity contribution in [3.8, 4) is 16.9 Å². The lowest BCUT2D eigenvalue weighted by atomic mass is 9.96. The highest BCUT2D eigenvalue weighted by Gasteiger charge is 2.28. The topological polar surface area (TPSA) is 67.6 Å². The number of aromatic hydroxyl groups is 1. The van der Waals surface area contributed by atoms with Crippen molar-refractivity contribution in [3.63, 3.8) is 0 Å². The smallest absolute Gasteiger partial charge is 0.340 e. The Morgan fingerprint density at radius 3 is 2.59 bits per heavy atom. The summed E-state index contributed by atoms with van der Waals surface area (Å²) in [6.07, 6.45) is 3.45. The van der Waals surface area contributed by atoms with Gasteiger partial charge in [-0.15, -0.1) is 11.8 Å². The van der Waals surface area contributed by atoms with Crippen LogP contribution in [0.1, 0.15) is 28.5 Å². The van der Waals surface area contributed by atoms with E-state index in [0.717, 1.165) is 27.1 Å². The number of aryl methyl sites for hydroxylation is 1. The van der Waals surface area contributed by atoms with Crippen LogP contribution in [0.3, 0.4) is 0 Å². The van der Waals surface area contributed by atoms with Gasteiger partial charge >= 0.3 is 5.97 Å². The molecule has 4 aromatic rings. The first-order chi connectivity index (χ1) is 16.4. The van der Waals surface area contributed by atoms with Crippen LogP contribution in [0.15, 0.2) is 65.8 Å². The van der Waals surface area contributed by atoms with Gasteiger partial charge in [0, 0.05) is 64.4 Å². The van der Waals surface area contributed by atoms with Crippen molar-refractivity contribution in [2.45, 2.75) is 24.1 Å². The molecule has 0 atom stereocenters. The number of benzene rings is 2. The average Bonchev–Trinajstić information content (AvgIpc) is 3.12. The van der Waals surface area contributed by atoms with Gasteiger partial charge in [0.15, 0.2) is 0 Å². The summed E-state index contributed by atoms with van der Waals surface area (Å²) in [6.45, 7) is 2.56. The number of rotatable bonds is 8. The number of fused-ring (bicyclic) bond motifs is 1. The number of carbonyl (C=O) groups is 1. The maximum absolute atomic E-state index is 13.3. The highest BCUT2D eigenvalue weighted by molar-refractivity contribution is 7.98. The Kier molecular flexibility index (Phi) is 7.24. The standard InChI is InChI=1S/C27H29N3O3S/c1-5-33-27(32)25-23(17-34-19-11-7-6-8-12-19)30(4)22-14-20(18-10-9-13-28-15-18)26(31)21(24(22)25)16-29(2)3/h6-15,31H,5,16-17H2,1-4H3. The minimum absolute atomic E-state index is 0.160. The number of phenols is 1. The van der Waals surface area contributed by atoms with E-state index < -0.39 is 0 Å². The Balaban J connectivity index is 1.98. The summed E-state index contributed by atoms with van der Waals surface area (Å²) < 4.78 is 7.54. The van der Waals surface area contributed by atoms with Gasteiger partial charge in [0.05, 0.1) is 17.7 Å². The average molecular weight is 476 g/mol. The van der Waals surface area contributed by atoms with E-state index in [-0.39, 0.29) is 18.3 Å². The predicted octanol–water partition coefficient (Wildman–Crippen LogP) is 5.48. The summed E-state index contributed by atoms with van der Waals surface area (Å²) in [5.74, 6) is 0.381. The highest BCUT2D eigenvalue weighted by atomic mass is 32.2. The largest absolute Gasteiger partial charge is 0.507 e. The maximum Gasteiger partial charge on any atom is 0.340 e. The molecule has 0 radical (unpaired) electrons. The molecule has 0 unspecified atom stereocenters. The lowest BCUT2D eigenvalue weighted by Gasteiger charge is -2.17. The van der Waals surface area contributed by atoms with Gasteiger partial charge in [-0.05, 0) is 45.3 Å². The molecule has 1 N–H and O–H groups in total. The van der Waals surface area contributed by atoms with Crippen LogP contribution in [-0.2, 0) is 24.1 Å². The number of ether oxygens (including phenoxy) is 1. The van der Waals surface area contributed by atoms with Crippen molar-refractivity contribution in [3.05, 3.63) is 77.7 Å². The number of phenolic OH excluding ortho intramolecular Hbond substituents is 1. The molecule has 4 rings (SSSR count). The van der Waals surface area contributed by atoms with Gasteiger partial charge in [0.2, 0.25) is 0 Å². The number of carbonyl (C=O) groups excluding carboxylic acids is 1. The van der Waals surface area contributed by atoms with Gasteiger partial charge in [0.1, 0.15) is 5.75 Å². The van der Waals surface area contributed by atoms with Gasteiger partial charge in [-0.1, -0.05) is 24.3 Å². The summed E-state index contributed by atoms with van der Waals surface area (Å²) >= 11 is 1.67. The molecule has 0 aliphatic heterocycles. The molecular weight excluding hydrogens is 446 g/mol. The fourth-order valence-corrected chi connectivity index (χ4v) is 5.18. The first-order valence-corrected chi connectivity index (χ1v) is 12.2. The third-order valence-electron chi connectivity index (χ3n) is 5.73. The third-order valence-corrected chi connectivity index (χ3v) is 6.75. The Hall–Kier alpha value is -3.29. The summed E-state index contributed by atoms with van der Waals surface area (Å²) in [5.41, 5.74) is 4.48. The fourth-order valence-electron chi connectivity index (χ4n) is 4.19. The van der Waals surface area contributed by atoms with Gasteiger partial charge in [-0.3, -0.25) is 4.98 Å². The number of aromatic nitrogens is 2. The van der Waals surface area contributed by atoms with Crippen molar-refractivity contribution in [2.75, 3.05) is 20.7 Å². The summed E-state index contributed by atoms with van der Waals surface area (Å²) in [6, 6.07) is 15.8. The van der Waals surface area contributed by atoms with E-state index in [1.165, 1.54) is 0 Å². The Morgan fingerprint density at radius 1 is 1.18 bits per heavy atom. The van der Waals surface area contributed by atoms with Crippen LogP contribution >= 0.6 is 11.8 Å². The van der Waals surface area contributed by atoms with Crippen LogP contribution in [0.25, 0.3) is 22.0 Å². The number of hydrogen-bond donors (Lipinski definition) is 1. The normalized spacial score (nSPS) is 11.3. The van der Waals surface area contributed by atoms with E-state index in [1.54, 1.807) is 31.1 Å². The third kappa shape index (κ3) is 4.67. The van der Waals surface area contributed by atoms with E-state index in [1.807, 2.05) is 62.4 Å². The van der Waals surface area contributed by atoms with Gasteiger partial charge in [-0.2, -0.15) is 0 Å². The summed E-state index contributed by atoms with van der Waals surface area (Å²) in [4.78, 5) is 20.6. The summed E-state index contributed by atoms with van der Waals surface area (Å²) in [7, 11) is 5.86. The molecule has 0 bridgehead atoms. The number of thioether (sulfide) groups is 1. The predicted molar refractivity (Wildman–Crippen MR) is 137 cm³/mol. The highest BCUT2D eigenvalue weighted by Crippen LogP contribution is 2.42. The lowest BCUT2D eigenvalue weighted by molar-refractivity contribution is 0.0527. The second-order valence-electron chi connectivity index (χ2n) is 8.33. The Bertz CT molecular complexity index is 1300. The molecule has 34 heavy (non-hydrogen) atoms. The van der Waals surface area contributed by atoms with Crippen LogP contribution in [0.4, 0.5) is 0 Å². The van der Waals surface area contributed by atoms with E-state index >= 15 is 0 Å². The van der Waals surface area contributed by atoms with Gasteiger partial charge in [-0.25, -0.2) is 4.79 Å². The first kappa shape index (κ1) is 23.9. The minimum atomic E-state index is -0.370. The minimum Gasteiger partial charge on any atom is -0.507 e. The van der Waals surface area contributed by atoms with E-state index in [4.69, 9.17) is 4.74 Å². The molecule has 7 heteroatoms. The molecule has 0 saturated heterocycles. The molecule has 0 fully saturated rings. The quantitative estimate of drug-likeness (QED) is 0.269. The van der Waals surface area contributed by atoms with Gasteiger partial charge < -0.3 is 19.3 Å². The van der Waals surface area contributed by atoms with Crippen molar-refractivity contribution in [1.29, 1.82) is 0 Å². The molecule has 2 heterocycles. The molecule has 0 amide bonds. The Labute approximate surface area is 204 Å². The van der Waals surface area contributed by atoms with Crippen LogP contribution in [-0.4, -0.2) is 46.2 Å². The SMILES string of the molecule is CCOC(=O)c1c(CSc2ccccc2)n(C)c2cc(-c3cccnc3)c(O)c(CN(C)C)c12. The number of pyridine rings is 1. The zero-order valence-corrected chi connectivity index (χ0v) is 20.7. The second kappa shape index (κ2) is 10.3. The van der Waals surface area contributed by atoms with Crippen LogP contribution in [0, 0.1) is 0 Å². The van der Waals surface area contributed by atoms with Crippen molar-refractivity contribution < 1.29 is 14.6 Å². The maximum atomic E-state index is 13.3. The molecule has 2 aromatic heterocycles. The zero-order valence-electron chi connectivity index (χ0n) is 19.9. The van der Waals surface area contributed by atoms with E-state index in [0.29, 0.717) is 29.0 Å². The monoisotopic (exact) mass is 475 g/mol. The zero-order chi connectivity index (χ0) is 24.2. The molecule has 6 nitrogen and oxygen atoms in total. The number of esters is 1. The van der Waals surface area contributed by atoms with E-state index in [9.17, 15) is 9.90 Å². The van der Waals surface area contributed by atoms with Crippen molar-refractivity contribution in [2.24, 2.45) is 7.05 Å². The fraction of sp³-hybridized carbons (Fsp3) is 0.259. The Morgan fingerprint density at radius 2 is 1.94 bits per heavy atom. The van der Waals surface area contributed by atoms with Gasteiger partial charge in [0.25, 0.3) is 0 Å². The first-order valence-electron chi connectivity index (χ1n) is 11.2. The van der Waals surface area contributed by atoms with E-state index in [2.05, 4.69) is 21.7 Å². The molecule has 176 valence electrons. The molecule has 0 aliphatic rings. The summed E-state index contributed by atoms with van der Waals surface area (Å²) in [5, 5.41) is 12.2. The van der Waals surface area contributed by atoms with Crippen molar-refractivity contribution >= 4 is 28.6 Å². The molecule has 0 spiro atoms. The van der Waals surface area contributed by atoms with Crippen molar-refractivity contribution in [1.82, 2.24) is 14.5 Å². The molecule has 2 aromatic carbocycles. The molecular formula is C27H29N3O3S. The van der Waals surface area contributed by atoms with Crippen LogP contribution in [0.5, 0.6) is 5.75 Å². The molecule has 0 aliphatic carbocycles. The van der Waals surface area contributed by atoms with Crippen LogP contribution < -0.4 is 0 Å². The van der Waals surface area contributed by atoms with Crippen LogP contribution in [0.2, 0.25) is 0 Å². The lowest BCUT2D eigenvalue weighted by Crippen LogP contribution is -2.13. The molecule has 0 saturated carbocycles.